The summed E-state index contributed by atoms with van der Waals surface area (Å²) >= 11 is 0. The van der Waals surface area contributed by atoms with Crippen LogP contribution in [0.5, 0.6) is 0 Å². The number of rotatable bonds is 2. The number of hydrogen-bond donors (Lipinski definition) is 1. The first-order valence-electron chi connectivity index (χ1n) is 8.18. The largest absolute Gasteiger partial charge is 0.355 e. The molecule has 4 rings (SSSR count). The third-order valence-electron chi connectivity index (χ3n) is 5.00. The summed E-state index contributed by atoms with van der Waals surface area (Å²) in [7, 11) is 0. The second-order valence-electron chi connectivity index (χ2n) is 6.36. The summed E-state index contributed by atoms with van der Waals surface area (Å²) in [5.74, 6) is 1.99. The highest BCUT2D eigenvalue weighted by atomic mass is 35.5. The molecule has 6 nitrogen and oxygen atoms in total. The number of nitrogens with zero attached hydrogens (tertiary/aromatic N) is 3. The Morgan fingerprint density at radius 1 is 1.12 bits per heavy atom. The van der Waals surface area contributed by atoms with Gasteiger partial charge in [0.1, 0.15) is 0 Å². The maximum absolute atomic E-state index is 12.7. The minimum atomic E-state index is -0.0259. The summed E-state index contributed by atoms with van der Waals surface area (Å²) in [6.07, 6.45) is 5.53. The highest BCUT2D eigenvalue weighted by Gasteiger charge is 2.32. The molecule has 0 bridgehead atoms. The lowest BCUT2D eigenvalue weighted by atomic mass is 9.92. The van der Waals surface area contributed by atoms with Crippen LogP contribution in [0.1, 0.15) is 23.3 Å². The summed E-state index contributed by atoms with van der Waals surface area (Å²) in [6, 6.07) is 5.41. The number of halogens is 2. The van der Waals surface area contributed by atoms with Crippen LogP contribution in [0.2, 0.25) is 0 Å². The van der Waals surface area contributed by atoms with Gasteiger partial charge in [0.15, 0.2) is 11.5 Å². The fourth-order valence-corrected chi connectivity index (χ4v) is 3.61. The Labute approximate surface area is 159 Å². The van der Waals surface area contributed by atoms with E-state index in [4.69, 9.17) is 4.52 Å². The molecule has 0 aromatic carbocycles. The van der Waals surface area contributed by atoms with Crippen LogP contribution in [0.25, 0.3) is 11.3 Å². The Morgan fingerprint density at radius 3 is 2.40 bits per heavy atom. The van der Waals surface area contributed by atoms with Crippen LogP contribution in [0.3, 0.4) is 0 Å². The molecule has 25 heavy (non-hydrogen) atoms. The summed E-state index contributed by atoms with van der Waals surface area (Å²) in [5, 5.41) is 7.42. The van der Waals surface area contributed by atoms with Crippen molar-refractivity contribution in [1.29, 1.82) is 0 Å². The molecule has 0 aliphatic carbocycles. The van der Waals surface area contributed by atoms with Gasteiger partial charge in [-0.25, -0.2) is 0 Å². The molecule has 0 spiro atoms. The Morgan fingerprint density at radius 2 is 1.76 bits per heavy atom. The molecule has 2 aromatic heterocycles. The minimum absolute atomic E-state index is 0. The number of likely N-dealkylation sites (tertiary alicyclic amines) is 1. The van der Waals surface area contributed by atoms with Gasteiger partial charge in [-0.05, 0) is 49.9 Å². The van der Waals surface area contributed by atoms with Crippen molar-refractivity contribution >= 4 is 30.7 Å². The normalized spacial score (nSPS) is 22.3. The molecule has 4 heterocycles. The molecule has 2 saturated heterocycles. The van der Waals surface area contributed by atoms with E-state index in [1.807, 2.05) is 17.0 Å². The number of fused-ring (bicyclic) bond motifs is 1. The number of carbonyl (C=O) groups excluding carboxylic acids is 1. The monoisotopic (exact) mass is 384 g/mol. The first-order valence-corrected chi connectivity index (χ1v) is 8.18. The van der Waals surface area contributed by atoms with Crippen molar-refractivity contribution < 1.29 is 9.32 Å². The van der Waals surface area contributed by atoms with Gasteiger partial charge in [0, 0.05) is 37.1 Å². The number of pyridine rings is 1. The van der Waals surface area contributed by atoms with Gasteiger partial charge in [-0.3, -0.25) is 9.78 Å². The van der Waals surface area contributed by atoms with Crippen molar-refractivity contribution in [2.24, 2.45) is 11.8 Å². The van der Waals surface area contributed by atoms with Crippen LogP contribution in [-0.4, -0.2) is 47.1 Å². The summed E-state index contributed by atoms with van der Waals surface area (Å²) in [5.41, 5.74) is 1.27. The Hall–Kier alpha value is -1.63. The van der Waals surface area contributed by atoms with E-state index < -0.39 is 0 Å². The van der Waals surface area contributed by atoms with Crippen molar-refractivity contribution in [2.75, 3.05) is 26.2 Å². The van der Waals surface area contributed by atoms with Crippen molar-refractivity contribution in [3.63, 3.8) is 0 Å². The molecule has 2 fully saturated rings. The van der Waals surface area contributed by atoms with E-state index in [1.54, 1.807) is 18.5 Å². The SMILES string of the molecule is Cl.Cl.O=C(c1cc(-c2ccncc2)on1)N1CC[C@@H]2CNC[C@@H]2CC1. The molecular formula is C17H22Cl2N4O2. The van der Waals surface area contributed by atoms with Gasteiger partial charge in [0.05, 0.1) is 0 Å². The highest BCUT2D eigenvalue weighted by molar-refractivity contribution is 5.93. The smallest absolute Gasteiger partial charge is 0.276 e. The molecule has 2 aliphatic heterocycles. The fraction of sp³-hybridized carbons (Fsp3) is 0.471. The maximum Gasteiger partial charge on any atom is 0.276 e. The van der Waals surface area contributed by atoms with E-state index in [-0.39, 0.29) is 30.7 Å². The highest BCUT2D eigenvalue weighted by Crippen LogP contribution is 2.28. The van der Waals surface area contributed by atoms with Crippen LogP contribution < -0.4 is 5.32 Å². The van der Waals surface area contributed by atoms with Gasteiger partial charge in [-0.2, -0.15) is 0 Å². The minimum Gasteiger partial charge on any atom is -0.355 e. The summed E-state index contributed by atoms with van der Waals surface area (Å²) in [6.45, 7) is 3.78. The topological polar surface area (TPSA) is 71.3 Å². The summed E-state index contributed by atoms with van der Waals surface area (Å²) < 4.78 is 5.33. The average molecular weight is 385 g/mol. The number of hydrogen-bond acceptors (Lipinski definition) is 5. The van der Waals surface area contributed by atoms with Gasteiger partial charge in [-0.15, -0.1) is 24.8 Å². The second kappa shape index (κ2) is 8.65. The molecule has 0 saturated carbocycles. The van der Waals surface area contributed by atoms with E-state index in [1.165, 1.54) is 0 Å². The first kappa shape index (κ1) is 19.7. The van der Waals surface area contributed by atoms with Gasteiger partial charge < -0.3 is 14.7 Å². The number of carbonyl (C=O) groups is 1. The van der Waals surface area contributed by atoms with Crippen LogP contribution in [0.4, 0.5) is 0 Å². The fourth-order valence-electron chi connectivity index (χ4n) is 3.61. The van der Waals surface area contributed by atoms with Crippen molar-refractivity contribution in [3.8, 4) is 11.3 Å². The molecule has 2 aromatic rings. The lowest BCUT2D eigenvalue weighted by molar-refractivity contribution is 0.0748. The Balaban J connectivity index is 0.00000113. The molecule has 2 atom stereocenters. The van der Waals surface area contributed by atoms with E-state index in [0.717, 1.165) is 44.6 Å². The lowest BCUT2D eigenvalue weighted by Crippen LogP contribution is -2.32. The van der Waals surface area contributed by atoms with E-state index in [2.05, 4.69) is 15.5 Å². The zero-order valence-corrected chi connectivity index (χ0v) is 15.4. The van der Waals surface area contributed by atoms with Gasteiger partial charge in [0.2, 0.25) is 0 Å². The number of amides is 1. The predicted molar refractivity (Wildman–Crippen MR) is 99.2 cm³/mol. The Bertz CT molecular complexity index is 681. The molecule has 136 valence electrons. The molecule has 0 radical (unpaired) electrons. The van der Waals surface area contributed by atoms with Crippen molar-refractivity contribution in [2.45, 2.75) is 12.8 Å². The Kier molecular flexibility index (Phi) is 6.81. The second-order valence-corrected chi connectivity index (χ2v) is 6.36. The molecule has 0 unspecified atom stereocenters. The predicted octanol–water partition coefficient (Wildman–Crippen LogP) is 2.65. The van der Waals surface area contributed by atoms with Crippen LogP contribution in [0.15, 0.2) is 35.1 Å². The quantitative estimate of drug-likeness (QED) is 0.861. The third-order valence-corrected chi connectivity index (χ3v) is 5.00. The van der Waals surface area contributed by atoms with Crippen LogP contribution in [0, 0.1) is 11.8 Å². The maximum atomic E-state index is 12.7. The van der Waals surface area contributed by atoms with Crippen molar-refractivity contribution in [3.05, 3.63) is 36.3 Å². The average Bonchev–Trinajstić information content (AvgIpc) is 3.21. The number of aromatic nitrogens is 2. The van der Waals surface area contributed by atoms with Crippen molar-refractivity contribution in [1.82, 2.24) is 20.4 Å². The first-order chi connectivity index (χ1) is 11.3. The van der Waals surface area contributed by atoms with Crippen LogP contribution in [-0.2, 0) is 0 Å². The van der Waals surface area contributed by atoms with Crippen LogP contribution >= 0.6 is 24.8 Å². The summed E-state index contributed by atoms with van der Waals surface area (Å²) in [4.78, 5) is 18.6. The van der Waals surface area contributed by atoms with E-state index in [9.17, 15) is 4.79 Å². The van der Waals surface area contributed by atoms with Gasteiger partial charge >= 0.3 is 0 Å². The zero-order chi connectivity index (χ0) is 15.6. The van der Waals surface area contributed by atoms with E-state index in [0.29, 0.717) is 23.3 Å². The standard InChI is InChI=1S/C17H20N4O2.2ClH/c22-17(21-7-3-13-10-19-11-14(13)4-8-21)15-9-16(23-20-15)12-1-5-18-6-2-12;;/h1-2,5-6,9,13-14,19H,3-4,7-8,10-11H2;2*1H/t13-,14+;;. The number of nitrogens with one attached hydrogen (secondary N) is 1. The molecule has 1 amide bonds. The zero-order valence-electron chi connectivity index (χ0n) is 13.8. The van der Waals surface area contributed by atoms with E-state index >= 15 is 0 Å². The molecule has 2 aliphatic rings. The van der Waals surface area contributed by atoms with Gasteiger partial charge in [0.25, 0.3) is 5.91 Å². The molecule has 8 heteroatoms. The van der Waals surface area contributed by atoms with Gasteiger partial charge in [-0.1, -0.05) is 5.16 Å². The lowest BCUT2D eigenvalue weighted by Gasteiger charge is -2.19. The third kappa shape index (κ3) is 4.14. The molecular weight excluding hydrogens is 363 g/mol. The molecule has 1 N–H and O–H groups in total.